The van der Waals surface area contributed by atoms with Crippen LogP contribution in [-0.4, -0.2) is 41.5 Å². The molecule has 0 spiro atoms. The molecule has 0 atom stereocenters. The molecule has 3 nitrogen and oxygen atoms in total. The maximum absolute atomic E-state index is 13.4. The van der Waals surface area contributed by atoms with Gasteiger partial charge in [-0.2, -0.15) is 0 Å². The van der Waals surface area contributed by atoms with Crippen molar-refractivity contribution in [2.24, 2.45) is 0 Å². The van der Waals surface area contributed by atoms with E-state index >= 15 is 0 Å². The maximum Gasteiger partial charge on any atom is 0.182 e. The minimum absolute atomic E-state index is 0.00935. The van der Waals surface area contributed by atoms with Gasteiger partial charge in [0, 0.05) is 13.1 Å². The quantitative estimate of drug-likeness (QED) is 0.834. The summed E-state index contributed by atoms with van der Waals surface area (Å²) in [7, 11) is 0. The molecular weight excluding hydrogens is 240 g/mol. The van der Waals surface area contributed by atoms with Gasteiger partial charge in [0.1, 0.15) is 11.6 Å². The van der Waals surface area contributed by atoms with Crippen LogP contribution < -0.4 is 0 Å². The molecule has 0 unspecified atom stereocenters. The zero-order valence-electron chi connectivity index (χ0n) is 9.90. The lowest BCUT2D eigenvalue weighted by Gasteiger charge is -2.28. The Labute approximate surface area is 104 Å². The number of nitrogens with zero attached hydrogens (tertiary/aromatic N) is 1. The Hall–Kier alpha value is -1.33. The maximum atomic E-state index is 13.4. The number of rotatable bonds is 3. The third-order valence-corrected chi connectivity index (χ3v) is 3.17. The monoisotopic (exact) mass is 255 g/mol. The summed E-state index contributed by atoms with van der Waals surface area (Å²) in [5.74, 6) is -2.20. The Balaban J connectivity index is 2.04. The number of likely N-dealkylation sites (tertiary alicyclic amines) is 1. The largest absolute Gasteiger partial charge is 0.393 e. The number of ketones is 1. The first-order valence-corrected chi connectivity index (χ1v) is 5.95. The normalized spacial score (nSPS) is 17.9. The van der Waals surface area contributed by atoms with Crippen LogP contribution in [0, 0.1) is 11.6 Å². The molecule has 1 aromatic carbocycles. The van der Waals surface area contributed by atoms with E-state index in [2.05, 4.69) is 0 Å². The lowest BCUT2D eigenvalue weighted by molar-refractivity contribution is 0.0706. The van der Waals surface area contributed by atoms with E-state index < -0.39 is 23.0 Å². The molecule has 0 aliphatic carbocycles. The average molecular weight is 255 g/mol. The zero-order chi connectivity index (χ0) is 13.1. The third-order valence-electron chi connectivity index (χ3n) is 3.17. The Bertz CT molecular complexity index is 422. The van der Waals surface area contributed by atoms with E-state index in [1.165, 1.54) is 6.07 Å². The van der Waals surface area contributed by atoms with Gasteiger partial charge in [-0.3, -0.25) is 9.69 Å². The van der Waals surface area contributed by atoms with E-state index in [1.807, 2.05) is 0 Å². The van der Waals surface area contributed by atoms with Gasteiger partial charge in [0.15, 0.2) is 5.78 Å². The minimum Gasteiger partial charge on any atom is -0.393 e. The summed E-state index contributed by atoms with van der Waals surface area (Å²) < 4.78 is 26.8. The zero-order valence-corrected chi connectivity index (χ0v) is 9.90. The summed E-state index contributed by atoms with van der Waals surface area (Å²) in [6.45, 7) is 1.14. The first-order chi connectivity index (χ1) is 8.58. The predicted molar refractivity (Wildman–Crippen MR) is 62.4 cm³/mol. The molecule has 98 valence electrons. The average Bonchev–Trinajstić information content (AvgIpc) is 2.32. The standard InChI is InChI=1S/C13H15F2NO2/c14-10-2-1-3-11(15)13(10)12(18)8-16-6-4-9(17)5-7-16/h1-3,9,17H,4-8H2. The number of aliphatic hydroxyl groups is 1. The fourth-order valence-corrected chi connectivity index (χ4v) is 2.12. The summed E-state index contributed by atoms with van der Waals surface area (Å²) in [5.41, 5.74) is -0.469. The predicted octanol–water partition coefficient (Wildman–Crippen LogP) is 1.60. The van der Waals surface area contributed by atoms with Gasteiger partial charge in [-0.25, -0.2) is 8.78 Å². The van der Waals surface area contributed by atoms with Gasteiger partial charge in [-0.15, -0.1) is 0 Å². The van der Waals surface area contributed by atoms with E-state index in [0.29, 0.717) is 25.9 Å². The molecule has 0 saturated carbocycles. The molecule has 18 heavy (non-hydrogen) atoms. The van der Waals surface area contributed by atoms with Crippen molar-refractivity contribution < 1.29 is 18.7 Å². The first kappa shape index (κ1) is 13.1. The topological polar surface area (TPSA) is 40.5 Å². The summed E-state index contributed by atoms with van der Waals surface area (Å²) in [6, 6.07) is 3.39. The Morgan fingerprint density at radius 3 is 2.39 bits per heavy atom. The van der Waals surface area contributed by atoms with E-state index in [1.54, 1.807) is 4.90 Å². The number of halogens is 2. The molecule has 1 fully saturated rings. The van der Waals surface area contributed by atoms with Gasteiger partial charge in [0.25, 0.3) is 0 Å². The molecule has 1 saturated heterocycles. The Morgan fingerprint density at radius 2 is 1.83 bits per heavy atom. The number of piperidine rings is 1. The highest BCUT2D eigenvalue weighted by Crippen LogP contribution is 2.15. The van der Waals surface area contributed by atoms with Crippen LogP contribution in [0.1, 0.15) is 23.2 Å². The van der Waals surface area contributed by atoms with Crippen LogP contribution in [0.5, 0.6) is 0 Å². The van der Waals surface area contributed by atoms with E-state index in [9.17, 15) is 18.7 Å². The molecule has 1 aromatic rings. The third kappa shape index (κ3) is 2.91. The lowest BCUT2D eigenvalue weighted by atomic mass is 10.1. The smallest absolute Gasteiger partial charge is 0.182 e. The van der Waals surface area contributed by atoms with Crippen LogP contribution in [0.2, 0.25) is 0 Å². The van der Waals surface area contributed by atoms with Crippen LogP contribution in [0.3, 0.4) is 0 Å². The van der Waals surface area contributed by atoms with Crippen molar-refractivity contribution in [3.8, 4) is 0 Å². The van der Waals surface area contributed by atoms with Gasteiger partial charge < -0.3 is 5.11 Å². The van der Waals surface area contributed by atoms with Crippen LogP contribution >= 0.6 is 0 Å². The van der Waals surface area contributed by atoms with Crippen LogP contribution in [0.15, 0.2) is 18.2 Å². The molecule has 0 radical (unpaired) electrons. The van der Waals surface area contributed by atoms with Crippen LogP contribution in [-0.2, 0) is 0 Å². The second-order valence-electron chi connectivity index (χ2n) is 4.53. The van der Waals surface area contributed by atoms with E-state index in [0.717, 1.165) is 12.1 Å². The molecule has 5 heteroatoms. The summed E-state index contributed by atoms with van der Waals surface area (Å²) in [4.78, 5) is 13.7. The highest BCUT2D eigenvalue weighted by atomic mass is 19.1. The SMILES string of the molecule is O=C(CN1CCC(O)CC1)c1c(F)cccc1F. The molecular formula is C13H15F2NO2. The molecule has 0 amide bonds. The van der Waals surface area contributed by atoms with Crippen molar-refractivity contribution in [3.63, 3.8) is 0 Å². The number of carbonyl (C=O) groups excluding carboxylic acids is 1. The number of Topliss-reactive ketones (excluding diaryl/α,β-unsaturated/α-hetero) is 1. The fourth-order valence-electron chi connectivity index (χ4n) is 2.12. The molecule has 1 heterocycles. The van der Waals surface area contributed by atoms with Crippen molar-refractivity contribution in [2.45, 2.75) is 18.9 Å². The van der Waals surface area contributed by atoms with Crippen molar-refractivity contribution in [1.82, 2.24) is 4.90 Å². The molecule has 0 bridgehead atoms. The van der Waals surface area contributed by atoms with Crippen LogP contribution in [0.4, 0.5) is 8.78 Å². The number of hydrogen-bond acceptors (Lipinski definition) is 3. The van der Waals surface area contributed by atoms with Gasteiger partial charge >= 0.3 is 0 Å². The van der Waals surface area contributed by atoms with Crippen molar-refractivity contribution >= 4 is 5.78 Å². The second-order valence-corrected chi connectivity index (χ2v) is 4.53. The van der Waals surface area contributed by atoms with Crippen molar-refractivity contribution in [2.75, 3.05) is 19.6 Å². The summed E-state index contributed by atoms with van der Waals surface area (Å²) >= 11 is 0. The number of benzene rings is 1. The van der Waals surface area contributed by atoms with Crippen LogP contribution in [0.25, 0.3) is 0 Å². The van der Waals surface area contributed by atoms with Gasteiger partial charge in [0.2, 0.25) is 0 Å². The number of hydrogen-bond donors (Lipinski definition) is 1. The van der Waals surface area contributed by atoms with E-state index in [4.69, 9.17) is 0 Å². The molecule has 1 aliphatic heterocycles. The highest BCUT2D eigenvalue weighted by molar-refractivity contribution is 5.98. The van der Waals surface area contributed by atoms with Crippen molar-refractivity contribution in [1.29, 1.82) is 0 Å². The van der Waals surface area contributed by atoms with Gasteiger partial charge in [-0.1, -0.05) is 6.07 Å². The second kappa shape index (κ2) is 5.54. The lowest BCUT2D eigenvalue weighted by Crippen LogP contribution is -2.39. The van der Waals surface area contributed by atoms with Gasteiger partial charge in [0.05, 0.1) is 18.2 Å². The Morgan fingerprint density at radius 1 is 1.28 bits per heavy atom. The minimum atomic E-state index is -0.822. The summed E-state index contributed by atoms with van der Waals surface area (Å²) in [6.07, 6.45) is 0.849. The Kier molecular flexibility index (Phi) is 4.04. The first-order valence-electron chi connectivity index (χ1n) is 5.95. The molecule has 1 aliphatic rings. The highest BCUT2D eigenvalue weighted by Gasteiger charge is 2.22. The fraction of sp³-hybridized carbons (Fsp3) is 0.462. The number of aliphatic hydroxyl groups excluding tert-OH is 1. The molecule has 2 rings (SSSR count). The number of carbonyl (C=O) groups is 1. The van der Waals surface area contributed by atoms with Crippen molar-refractivity contribution in [3.05, 3.63) is 35.4 Å². The van der Waals surface area contributed by atoms with Gasteiger partial charge in [-0.05, 0) is 25.0 Å². The molecule has 0 aromatic heterocycles. The van der Waals surface area contributed by atoms with E-state index in [-0.39, 0.29) is 12.6 Å². The molecule has 1 N–H and O–H groups in total. The summed E-state index contributed by atoms with van der Waals surface area (Å²) in [5, 5.41) is 9.33.